The Morgan fingerprint density at radius 3 is 2.73 bits per heavy atom. The Balaban J connectivity index is 0.890. The number of hydroxylamine groups is 1. The first-order valence-electron chi connectivity index (χ1n) is 17.5. The second kappa shape index (κ2) is 16.5. The number of amides is 4. The lowest BCUT2D eigenvalue weighted by atomic mass is 10.0. The highest BCUT2D eigenvalue weighted by molar-refractivity contribution is 6.05. The van der Waals surface area contributed by atoms with Gasteiger partial charge in [0.15, 0.2) is 0 Å². The second-order valence-corrected chi connectivity index (χ2v) is 13.2. The molecule has 264 valence electrons. The molecule has 1 atom stereocenters. The summed E-state index contributed by atoms with van der Waals surface area (Å²) in [5, 5.41) is 12.3. The number of rotatable bonds is 14. The molecular formula is C40H43N5O6. The third kappa shape index (κ3) is 8.66. The Kier molecular flexibility index (Phi) is 11.5. The van der Waals surface area contributed by atoms with Crippen LogP contribution in [0.5, 0.6) is 5.75 Å². The van der Waals surface area contributed by atoms with Crippen LogP contribution in [0.3, 0.4) is 0 Å². The number of carbonyl (C=O) groups excluding carboxylic acids is 4. The lowest BCUT2D eigenvalue weighted by molar-refractivity contribution is -0.136. The molecule has 3 heterocycles. The minimum absolute atomic E-state index is 0.180. The van der Waals surface area contributed by atoms with Crippen molar-refractivity contribution in [3.8, 4) is 17.6 Å². The summed E-state index contributed by atoms with van der Waals surface area (Å²) in [6, 6.07) is 20.4. The Hall–Kier alpha value is -5.44. The van der Waals surface area contributed by atoms with Crippen LogP contribution in [0.15, 0.2) is 72.9 Å². The zero-order valence-electron chi connectivity index (χ0n) is 28.8. The van der Waals surface area contributed by atoms with Crippen LogP contribution in [0.25, 0.3) is 10.9 Å². The molecule has 51 heavy (non-hydrogen) atoms. The van der Waals surface area contributed by atoms with E-state index >= 15 is 0 Å². The van der Waals surface area contributed by atoms with Crippen LogP contribution in [0, 0.1) is 11.8 Å². The van der Waals surface area contributed by atoms with Gasteiger partial charge in [0.1, 0.15) is 18.4 Å². The van der Waals surface area contributed by atoms with Crippen LogP contribution in [-0.2, 0) is 29.2 Å². The minimum Gasteiger partial charge on any atom is -0.492 e. The van der Waals surface area contributed by atoms with Gasteiger partial charge in [0, 0.05) is 54.3 Å². The summed E-state index contributed by atoms with van der Waals surface area (Å²) in [5.41, 5.74) is 6.43. The van der Waals surface area contributed by atoms with Crippen molar-refractivity contribution in [2.24, 2.45) is 0 Å². The third-order valence-electron chi connectivity index (χ3n) is 9.49. The molecule has 0 radical (unpaired) electrons. The van der Waals surface area contributed by atoms with Crippen molar-refractivity contribution >= 4 is 34.5 Å². The molecule has 0 spiro atoms. The highest BCUT2D eigenvalue weighted by Crippen LogP contribution is 2.29. The number of hydrogen-bond acceptors (Lipinski definition) is 7. The molecule has 1 unspecified atom stereocenters. The average Bonchev–Trinajstić information content (AvgIpc) is 3.69. The van der Waals surface area contributed by atoms with Gasteiger partial charge in [-0.2, -0.15) is 0 Å². The fourth-order valence-corrected chi connectivity index (χ4v) is 6.78. The number of fused-ring (bicyclic) bond motifs is 2. The van der Waals surface area contributed by atoms with Gasteiger partial charge in [-0.3, -0.25) is 29.7 Å². The largest absolute Gasteiger partial charge is 0.492 e. The van der Waals surface area contributed by atoms with E-state index in [-0.39, 0.29) is 18.2 Å². The van der Waals surface area contributed by atoms with E-state index < -0.39 is 17.9 Å². The molecule has 1 saturated heterocycles. The van der Waals surface area contributed by atoms with Gasteiger partial charge in [-0.1, -0.05) is 48.9 Å². The van der Waals surface area contributed by atoms with Crippen molar-refractivity contribution in [3.63, 3.8) is 0 Å². The third-order valence-corrected chi connectivity index (χ3v) is 9.49. The van der Waals surface area contributed by atoms with E-state index in [1.54, 1.807) is 28.6 Å². The van der Waals surface area contributed by atoms with Crippen LogP contribution in [0.1, 0.15) is 82.4 Å². The van der Waals surface area contributed by atoms with E-state index in [0.29, 0.717) is 37.2 Å². The molecule has 1 aromatic heterocycles. The van der Waals surface area contributed by atoms with Crippen molar-refractivity contribution in [1.29, 1.82) is 0 Å². The number of piperidine rings is 1. The van der Waals surface area contributed by atoms with Crippen molar-refractivity contribution in [3.05, 3.63) is 101 Å². The van der Waals surface area contributed by atoms with Gasteiger partial charge in [-0.25, -0.2) is 5.48 Å². The van der Waals surface area contributed by atoms with Crippen LogP contribution >= 0.6 is 0 Å². The molecule has 11 nitrogen and oxygen atoms in total. The van der Waals surface area contributed by atoms with E-state index in [9.17, 15) is 19.2 Å². The van der Waals surface area contributed by atoms with Gasteiger partial charge in [0.25, 0.3) is 11.8 Å². The van der Waals surface area contributed by atoms with E-state index in [1.807, 2.05) is 47.2 Å². The molecule has 4 aromatic rings. The highest BCUT2D eigenvalue weighted by atomic mass is 16.5. The lowest BCUT2D eigenvalue weighted by Crippen LogP contribution is -2.52. The molecule has 3 N–H and O–H groups in total. The van der Waals surface area contributed by atoms with Crippen LogP contribution in [0.2, 0.25) is 0 Å². The quantitative estimate of drug-likeness (QED) is 0.0556. The van der Waals surface area contributed by atoms with Crippen LogP contribution < -0.4 is 15.5 Å². The van der Waals surface area contributed by atoms with E-state index in [1.165, 1.54) is 5.56 Å². The predicted octanol–water partition coefficient (Wildman–Crippen LogP) is 5.03. The standard InChI is InChI=1S/C40H43N5O6/c1-43(26-28-10-8-13-32(24-28)51-23-22-44-21-19-30-15-16-31(25-36(30)44)38(47)42-50)20-7-5-3-2-4-6-11-29-12-9-14-33-34(29)27-45(40(33)49)35-17-18-37(46)41-39(35)48/h8-10,12-16,19,21,24-25,35,50H,2-5,7,17-18,20,22-23,26-27H2,1H3,(H,42,47)(H,41,46,48). The zero-order valence-corrected chi connectivity index (χ0v) is 28.8. The summed E-state index contributed by atoms with van der Waals surface area (Å²) in [4.78, 5) is 52.7. The molecule has 6 rings (SSSR count). The maximum atomic E-state index is 13.0. The first kappa shape index (κ1) is 35.4. The molecule has 3 aromatic carbocycles. The second-order valence-electron chi connectivity index (χ2n) is 13.2. The van der Waals surface area contributed by atoms with E-state index in [2.05, 4.69) is 41.2 Å². The Morgan fingerprint density at radius 1 is 1.04 bits per heavy atom. The number of nitrogens with one attached hydrogen (secondary N) is 2. The van der Waals surface area contributed by atoms with Gasteiger partial charge < -0.3 is 19.1 Å². The maximum Gasteiger partial charge on any atom is 0.274 e. The van der Waals surface area contributed by atoms with Crippen molar-refractivity contribution in [2.45, 2.75) is 70.6 Å². The van der Waals surface area contributed by atoms with Crippen molar-refractivity contribution in [2.75, 3.05) is 20.2 Å². The minimum atomic E-state index is -0.627. The lowest BCUT2D eigenvalue weighted by Gasteiger charge is -2.29. The fraction of sp³-hybridized carbons (Fsp3) is 0.350. The van der Waals surface area contributed by atoms with Gasteiger partial charge >= 0.3 is 0 Å². The number of imide groups is 1. The average molecular weight is 690 g/mol. The number of nitrogens with zero attached hydrogens (tertiary/aromatic N) is 3. The summed E-state index contributed by atoms with van der Waals surface area (Å²) in [7, 11) is 2.13. The number of aromatic nitrogens is 1. The topological polar surface area (TPSA) is 133 Å². The molecule has 11 heteroatoms. The Labute approximate surface area is 297 Å². The molecule has 0 bridgehead atoms. The van der Waals surface area contributed by atoms with E-state index in [4.69, 9.17) is 9.94 Å². The highest BCUT2D eigenvalue weighted by Gasteiger charge is 2.39. The summed E-state index contributed by atoms with van der Waals surface area (Å²) in [5.74, 6) is 5.94. The maximum absolute atomic E-state index is 13.0. The fourth-order valence-electron chi connectivity index (χ4n) is 6.78. The first-order chi connectivity index (χ1) is 24.8. The number of ether oxygens (including phenoxy) is 1. The molecule has 1 fully saturated rings. The number of benzene rings is 3. The van der Waals surface area contributed by atoms with Crippen molar-refractivity contribution < 1.29 is 29.1 Å². The molecular weight excluding hydrogens is 646 g/mol. The number of hydrogen-bond donors (Lipinski definition) is 3. The van der Waals surface area contributed by atoms with Crippen LogP contribution in [-0.4, -0.2) is 69.4 Å². The summed E-state index contributed by atoms with van der Waals surface area (Å²) in [6.45, 7) is 3.23. The molecule has 0 aliphatic carbocycles. The van der Waals surface area contributed by atoms with Gasteiger partial charge in [0.2, 0.25) is 11.8 Å². The van der Waals surface area contributed by atoms with Crippen LogP contribution in [0.4, 0.5) is 0 Å². The molecule has 0 saturated carbocycles. The predicted molar refractivity (Wildman–Crippen MR) is 192 cm³/mol. The summed E-state index contributed by atoms with van der Waals surface area (Å²) in [6.07, 6.45) is 7.63. The zero-order chi connectivity index (χ0) is 35.7. The summed E-state index contributed by atoms with van der Waals surface area (Å²) < 4.78 is 8.11. The SMILES string of the molecule is CN(CCCCCCC#Cc1cccc2c1CN(C1CCC(=O)NC1=O)C2=O)Cc1cccc(OCCn2ccc3ccc(C(=O)NO)cc32)c1. The smallest absolute Gasteiger partial charge is 0.274 e. The number of carbonyl (C=O) groups is 4. The normalized spacial score (nSPS) is 15.5. The van der Waals surface area contributed by atoms with Crippen molar-refractivity contribution in [1.82, 2.24) is 25.2 Å². The van der Waals surface area contributed by atoms with Gasteiger partial charge in [-0.15, -0.1) is 0 Å². The Bertz CT molecular complexity index is 1990. The molecule has 4 amide bonds. The van der Waals surface area contributed by atoms with E-state index in [0.717, 1.165) is 73.0 Å². The Morgan fingerprint density at radius 2 is 1.88 bits per heavy atom. The number of unbranched alkanes of at least 4 members (excludes halogenated alkanes) is 4. The summed E-state index contributed by atoms with van der Waals surface area (Å²) >= 11 is 0. The first-order valence-corrected chi connectivity index (χ1v) is 17.5. The monoisotopic (exact) mass is 689 g/mol. The van der Waals surface area contributed by atoms with Gasteiger partial charge in [0.05, 0.1) is 6.54 Å². The molecule has 2 aliphatic heterocycles. The van der Waals surface area contributed by atoms with Gasteiger partial charge in [-0.05, 0) is 91.8 Å². The molecule has 2 aliphatic rings.